The van der Waals surface area contributed by atoms with Gasteiger partial charge in [0.1, 0.15) is 0 Å². The normalized spacial score (nSPS) is 12.8. The summed E-state index contributed by atoms with van der Waals surface area (Å²) in [5.74, 6) is -0.326. The minimum Gasteiger partial charge on any atom is -0.308 e. The molecule has 0 spiro atoms. The average Bonchev–Trinajstić information content (AvgIpc) is 3.86. The quantitative estimate of drug-likeness (QED) is 0.166. The van der Waals surface area contributed by atoms with Crippen LogP contribution in [0, 0.1) is 0 Å². The standard InChI is InChI=1S/C47H28N6O2/c54-45-39-40(46(55)53(45)47-49-43(29-17-5-1-6-18-29)48-44(50-47)30-19-7-2-8-20-30)42-38(34-26-14-16-28-36(34)52(42)32-23-11-4-12-24-32)37-33-25-13-15-27-35(33)51(41(37)39)31-21-9-3-10-22-31/h1-28H. The summed E-state index contributed by atoms with van der Waals surface area (Å²) in [5, 5.41) is 3.74. The third-order valence-electron chi connectivity index (χ3n) is 10.5. The van der Waals surface area contributed by atoms with Crippen molar-refractivity contribution in [3.8, 4) is 34.2 Å². The minimum atomic E-state index is -0.499. The zero-order chi connectivity index (χ0) is 36.6. The monoisotopic (exact) mass is 708 g/mol. The smallest absolute Gasteiger partial charge is 0.270 e. The Morgan fingerprint density at radius 3 is 1.16 bits per heavy atom. The van der Waals surface area contributed by atoms with Crippen molar-refractivity contribution in [1.29, 1.82) is 0 Å². The molecule has 8 heteroatoms. The first-order chi connectivity index (χ1) is 27.2. The SMILES string of the molecule is O=C1c2c(c3c(c4ccccc4n3-c3ccccc3)c3c4ccccc4n(-c4ccccc4)c23)C(=O)N1c1nc(-c2ccccc2)nc(-c2ccccc2)n1. The van der Waals surface area contributed by atoms with Gasteiger partial charge in [0, 0.05) is 44.0 Å². The molecule has 1 aliphatic rings. The molecule has 11 rings (SSSR count). The number of rotatable bonds is 5. The van der Waals surface area contributed by atoms with Gasteiger partial charge in [0.25, 0.3) is 11.8 Å². The van der Waals surface area contributed by atoms with Crippen LogP contribution in [0.1, 0.15) is 20.7 Å². The maximum atomic E-state index is 15.5. The second-order valence-electron chi connectivity index (χ2n) is 13.5. The highest BCUT2D eigenvalue weighted by Gasteiger charge is 2.45. The summed E-state index contributed by atoms with van der Waals surface area (Å²) in [6.07, 6.45) is 0. The van der Waals surface area contributed by atoms with Gasteiger partial charge in [-0.05, 0) is 36.4 Å². The molecule has 10 aromatic rings. The number of carbonyl (C=O) groups is 2. The third kappa shape index (κ3) is 4.48. The van der Waals surface area contributed by atoms with E-state index in [1.807, 2.05) is 146 Å². The average molecular weight is 709 g/mol. The number of para-hydroxylation sites is 4. The lowest BCUT2D eigenvalue weighted by Gasteiger charge is -2.14. The lowest BCUT2D eigenvalue weighted by Crippen LogP contribution is -2.31. The first-order valence-electron chi connectivity index (χ1n) is 18.1. The molecule has 0 atom stereocenters. The third-order valence-corrected chi connectivity index (χ3v) is 10.5. The van der Waals surface area contributed by atoms with E-state index in [0.717, 1.165) is 60.0 Å². The molecule has 2 amide bonds. The van der Waals surface area contributed by atoms with Crippen molar-refractivity contribution in [2.45, 2.75) is 0 Å². The van der Waals surface area contributed by atoms with Crippen LogP contribution >= 0.6 is 0 Å². The van der Waals surface area contributed by atoms with Crippen LogP contribution in [0.15, 0.2) is 170 Å². The Kier molecular flexibility index (Phi) is 6.69. The van der Waals surface area contributed by atoms with Gasteiger partial charge < -0.3 is 9.13 Å². The first kappa shape index (κ1) is 30.9. The Morgan fingerprint density at radius 1 is 0.382 bits per heavy atom. The maximum Gasteiger partial charge on any atom is 0.270 e. The molecule has 0 saturated heterocycles. The molecule has 4 heterocycles. The van der Waals surface area contributed by atoms with Crippen molar-refractivity contribution in [2.24, 2.45) is 0 Å². The Morgan fingerprint density at radius 2 is 0.745 bits per heavy atom. The number of nitrogens with zero attached hydrogens (tertiary/aromatic N) is 6. The Balaban J connectivity index is 1.30. The van der Waals surface area contributed by atoms with Gasteiger partial charge in [0.15, 0.2) is 11.6 Å². The van der Waals surface area contributed by atoms with Crippen LogP contribution in [0.2, 0.25) is 0 Å². The molecule has 3 aromatic heterocycles. The summed E-state index contributed by atoms with van der Waals surface area (Å²) in [7, 11) is 0. The lowest BCUT2D eigenvalue weighted by atomic mass is 9.98. The molecule has 1 aliphatic heterocycles. The fourth-order valence-electron chi connectivity index (χ4n) is 8.20. The van der Waals surface area contributed by atoms with E-state index in [9.17, 15) is 0 Å². The van der Waals surface area contributed by atoms with Crippen LogP contribution in [0.5, 0.6) is 0 Å². The molecule has 0 fully saturated rings. The van der Waals surface area contributed by atoms with E-state index >= 15 is 9.59 Å². The fraction of sp³-hybridized carbons (Fsp3) is 0. The number of aromatic nitrogens is 5. The summed E-state index contributed by atoms with van der Waals surface area (Å²) in [6, 6.07) is 55.4. The predicted molar refractivity (Wildman–Crippen MR) is 217 cm³/mol. The second-order valence-corrected chi connectivity index (χ2v) is 13.5. The van der Waals surface area contributed by atoms with Gasteiger partial charge in [-0.1, -0.05) is 133 Å². The largest absolute Gasteiger partial charge is 0.308 e. The van der Waals surface area contributed by atoms with Crippen molar-refractivity contribution >= 4 is 61.4 Å². The number of hydrogen-bond acceptors (Lipinski definition) is 5. The van der Waals surface area contributed by atoms with Crippen molar-refractivity contribution in [3.05, 3.63) is 181 Å². The van der Waals surface area contributed by atoms with E-state index in [4.69, 9.17) is 15.0 Å². The molecule has 7 aromatic carbocycles. The number of carbonyl (C=O) groups excluding carboxylic acids is 2. The van der Waals surface area contributed by atoms with Crippen LogP contribution in [-0.2, 0) is 0 Å². The first-order valence-corrected chi connectivity index (χ1v) is 18.1. The van der Waals surface area contributed by atoms with Gasteiger partial charge >= 0.3 is 0 Å². The van der Waals surface area contributed by atoms with E-state index in [1.54, 1.807) is 0 Å². The summed E-state index contributed by atoms with van der Waals surface area (Å²) in [5.41, 5.74) is 6.98. The molecule has 0 radical (unpaired) electrons. The lowest BCUT2D eigenvalue weighted by molar-refractivity contribution is 0.0924. The van der Waals surface area contributed by atoms with Crippen molar-refractivity contribution < 1.29 is 9.59 Å². The highest BCUT2D eigenvalue weighted by atomic mass is 16.2. The molecule has 0 unspecified atom stereocenters. The maximum absolute atomic E-state index is 15.5. The number of amides is 2. The van der Waals surface area contributed by atoms with Gasteiger partial charge in [-0.2, -0.15) is 9.97 Å². The molecule has 55 heavy (non-hydrogen) atoms. The summed E-state index contributed by atoms with van der Waals surface area (Å²) in [4.78, 5) is 46.6. The molecular formula is C47H28N6O2. The zero-order valence-corrected chi connectivity index (χ0v) is 29.2. The summed E-state index contributed by atoms with van der Waals surface area (Å²) >= 11 is 0. The molecule has 0 saturated carbocycles. The van der Waals surface area contributed by atoms with Gasteiger partial charge in [0.05, 0.1) is 33.2 Å². The van der Waals surface area contributed by atoms with Crippen LogP contribution in [0.3, 0.4) is 0 Å². The molecule has 0 N–H and O–H groups in total. The highest BCUT2D eigenvalue weighted by Crippen LogP contribution is 2.48. The number of hydrogen-bond donors (Lipinski definition) is 0. The molecule has 8 nitrogen and oxygen atoms in total. The molecular weight excluding hydrogens is 681 g/mol. The fourth-order valence-corrected chi connectivity index (χ4v) is 8.20. The van der Waals surface area contributed by atoms with E-state index in [1.165, 1.54) is 0 Å². The van der Waals surface area contributed by atoms with Crippen LogP contribution in [-0.4, -0.2) is 35.9 Å². The minimum absolute atomic E-state index is 0.0371. The van der Waals surface area contributed by atoms with Crippen LogP contribution in [0.25, 0.3) is 77.8 Å². The molecule has 258 valence electrons. The second kappa shape index (κ2) is 11.9. The summed E-state index contributed by atoms with van der Waals surface area (Å²) in [6.45, 7) is 0. The van der Waals surface area contributed by atoms with Gasteiger partial charge in [0.2, 0.25) is 5.95 Å². The van der Waals surface area contributed by atoms with E-state index in [2.05, 4.69) is 33.4 Å². The Bertz CT molecular complexity index is 2960. The highest BCUT2D eigenvalue weighted by molar-refractivity contribution is 6.45. The van der Waals surface area contributed by atoms with Crippen molar-refractivity contribution in [2.75, 3.05) is 4.90 Å². The topological polar surface area (TPSA) is 85.9 Å². The van der Waals surface area contributed by atoms with E-state index in [-0.39, 0.29) is 5.95 Å². The van der Waals surface area contributed by atoms with Gasteiger partial charge in [-0.3, -0.25) is 9.59 Å². The van der Waals surface area contributed by atoms with Crippen molar-refractivity contribution in [1.82, 2.24) is 24.1 Å². The van der Waals surface area contributed by atoms with Gasteiger partial charge in [-0.15, -0.1) is 0 Å². The summed E-state index contributed by atoms with van der Waals surface area (Å²) < 4.78 is 4.23. The van der Waals surface area contributed by atoms with E-state index < -0.39 is 11.8 Å². The van der Waals surface area contributed by atoms with Crippen LogP contribution in [0.4, 0.5) is 5.95 Å². The molecule has 0 bridgehead atoms. The van der Waals surface area contributed by atoms with Gasteiger partial charge in [-0.25, -0.2) is 9.88 Å². The number of anilines is 1. The number of fused-ring (bicyclic) bond motifs is 10. The van der Waals surface area contributed by atoms with E-state index in [0.29, 0.717) is 33.8 Å². The zero-order valence-electron chi connectivity index (χ0n) is 29.2. The molecule has 0 aliphatic carbocycles. The predicted octanol–water partition coefficient (Wildman–Crippen LogP) is 10.2. The van der Waals surface area contributed by atoms with Crippen LogP contribution < -0.4 is 4.90 Å². The Hall–Kier alpha value is -7.71. The Labute approximate surface area is 314 Å². The van der Waals surface area contributed by atoms with Crippen molar-refractivity contribution in [3.63, 3.8) is 0 Å². The number of imide groups is 1. The number of benzene rings is 7.